The highest BCUT2D eigenvalue weighted by Gasteiger charge is 2.54. The van der Waals surface area contributed by atoms with E-state index in [2.05, 4.69) is 15.5 Å². The first-order valence-electron chi connectivity index (χ1n) is 7.64. The van der Waals surface area contributed by atoms with Crippen LogP contribution in [-0.2, 0) is 10.2 Å². The SMILES string of the molecule is O=C(Nc1ccccn1)C1(c2cc(-c3ccccc3F)on2)CC1. The molecule has 4 rings (SSSR count). The lowest BCUT2D eigenvalue weighted by Gasteiger charge is -2.11. The van der Waals surface area contributed by atoms with Crippen molar-refractivity contribution in [2.75, 3.05) is 5.32 Å². The Hall–Kier alpha value is -3.02. The van der Waals surface area contributed by atoms with Crippen LogP contribution in [0.2, 0.25) is 0 Å². The van der Waals surface area contributed by atoms with Crippen molar-refractivity contribution in [1.29, 1.82) is 0 Å². The molecule has 1 fully saturated rings. The number of aromatic nitrogens is 2. The molecule has 0 spiro atoms. The molecule has 1 aliphatic rings. The fourth-order valence-electron chi connectivity index (χ4n) is 2.69. The highest BCUT2D eigenvalue weighted by molar-refractivity contribution is 6.00. The molecule has 3 aromatic rings. The fraction of sp³-hybridized carbons (Fsp3) is 0.167. The molecule has 1 amide bonds. The molecule has 120 valence electrons. The summed E-state index contributed by atoms with van der Waals surface area (Å²) in [6, 6.07) is 13.3. The number of nitrogens with zero attached hydrogens (tertiary/aromatic N) is 2. The summed E-state index contributed by atoms with van der Waals surface area (Å²) < 4.78 is 19.1. The summed E-state index contributed by atoms with van der Waals surface area (Å²) >= 11 is 0. The van der Waals surface area contributed by atoms with Crippen molar-refractivity contribution in [3.8, 4) is 11.3 Å². The molecule has 0 aliphatic heterocycles. The largest absolute Gasteiger partial charge is 0.356 e. The van der Waals surface area contributed by atoms with E-state index < -0.39 is 5.41 Å². The normalized spacial score (nSPS) is 15.0. The van der Waals surface area contributed by atoms with Gasteiger partial charge in [-0.2, -0.15) is 0 Å². The van der Waals surface area contributed by atoms with Crippen LogP contribution in [0.4, 0.5) is 10.2 Å². The second-order valence-corrected chi connectivity index (χ2v) is 5.81. The van der Waals surface area contributed by atoms with Crippen molar-refractivity contribution in [3.05, 3.63) is 66.2 Å². The molecule has 1 N–H and O–H groups in total. The minimum Gasteiger partial charge on any atom is -0.356 e. The predicted molar refractivity (Wildman–Crippen MR) is 85.7 cm³/mol. The number of benzene rings is 1. The topological polar surface area (TPSA) is 68.0 Å². The zero-order valence-electron chi connectivity index (χ0n) is 12.7. The van der Waals surface area contributed by atoms with Crippen LogP contribution in [0.15, 0.2) is 59.3 Å². The Morgan fingerprint density at radius 2 is 1.96 bits per heavy atom. The third-order valence-corrected chi connectivity index (χ3v) is 4.23. The standard InChI is InChI=1S/C18H14FN3O2/c19-13-6-2-1-5-12(13)14-11-15(22-24-14)18(8-9-18)17(23)21-16-7-3-4-10-20-16/h1-7,10-11H,8-9H2,(H,20,21,23). The second kappa shape index (κ2) is 5.56. The zero-order chi connectivity index (χ0) is 16.6. The number of carbonyl (C=O) groups excluding carboxylic acids is 1. The van der Waals surface area contributed by atoms with Crippen molar-refractivity contribution in [2.45, 2.75) is 18.3 Å². The Bertz CT molecular complexity index is 888. The molecule has 1 aliphatic carbocycles. The lowest BCUT2D eigenvalue weighted by molar-refractivity contribution is -0.118. The second-order valence-electron chi connectivity index (χ2n) is 5.81. The van der Waals surface area contributed by atoms with Gasteiger partial charge in [-0.15, -0.1) is 0 Å². The van der Waals surface area contributed by atoms with Gasteiger partial charge in [0.15, 0.2) is 5.76 Å². The molecule has 0 unspecified atom stereocenters. The number of hydrogen-bond acceptors (Lipinski definition) is 4. The van der Waals surface area contributed by atoms with Gasteiger partial charge in [0, 0.05) is 12.3 Å². The number of hydrogen-bond donors (Lipinski definition) is 1. The number of pyridine rings is 1. The Morgan fingerprint density at radius 3 is 2.67 bits per heavy atom. The smallest absolute Gasteiger partial charge is 0.237 e. The fourth-order valence-corrected chi connectivity index (χ4v) is 2.69. The Morgan fingerprint density at radius 1 is 1.17 bits per heavy atom. The minimum absolute atomic E-state index is 0.172. The van der Waals surface area contributed by atoms with Crippen molar-refractivity contribution in [1.82, 2.24) is 10.1 Å². The summed E-state index contributed by atoms with van der Waals surface area (Å²) in [6.07, 6.45) is 2.96. The zero-order valence-corrected chi connectivity index (χ0v) is 12.7. The maximum Gasteiger partial charge on any atom is 0.237 e. The van der Waals surface area contributed by atoms with E-state index in [1.165, 1.54) is 6.07 Å². The van der Waals surface area contributed by atoms with E-state index in [0.717, 1.165) is 0 Å². The number of halogens is 1. The summed E-state index contributed by atoms with van der Waals surface area (Å²) in [6.45, 7) is 0. The first-order chi connectivity index (χ1) is 11.7. The van der Waals surface area contributed by atoms with Gasteiger partial charge >= 0.3 is 0 Å². The molecule has 2 aromatic heterocycles. The van der Waals surface area contributed by atoms with E-state index in [1.54, 1.807) is 48.7 Å². The summed E-state index contributed by atoms with van der Waals surface area (Å²) in [7, 11) is 0. The summed E-state index contributed by atoms with van der Waals surface area (Å²) in [5.41, 5.74) is 0.135. The van der Waals surface area contributed by atoms with Gasteiger partial charge in [0.25, 0.3) is 0 Å². The van der Waals surface area contributed by atoms with Gasteiger partial charge in [-0.25, -0.2) is 9.37 Å². The van der Waals surface area contributed by atoms with Crippen LogP contribution >= 0.6 is 0 Å². The van der Waals surface area contributed by atoms with E-state index in [1.807, 2.05) is 0 Å². The van der Waals surface area contributed by atoms with Crippen LogP contribution in [0.3, 0.4) is 0 Å². The molecule has 5 nitrogen and oxygen atoms in total. The van der Waals surface area contributed by atoms with Crippen LogP contribution in [0.5, 0.6) is 0 Å². The van der Waals surface area contributed by atoms with Gasteiger partial charge in [0.05, 0.1) is 16.7 Å². The molecule has 1 aromatic carbocycles. The number of carbonyl (C=O) groups is 1. The van der Waals surface area contributed by atoms with Gasteiger partial charge < -0.3 is 9.84 Å². The number of nitrogens with one attached hydrogen (secondary N) is 1. The van der Waals surface area contributed by atoms with Crippen molar-refractivity contribution in [3.63, 3.8) is 0 Å². The maximum absolute atomic E-state index is 13.9. The molecule has 2 heterocycles. The molecule has 24 heavy (non-hydrogen) atoms. The van der Waals surface area contributed by atoms with Gasteiger partial charge in [0.2, 0.25) is 5.91 Å². The third-order valence-electron chi connectivity index (χ3n) is 4.23. The molecule has 0 bridgehead atoms. The number of amides is 1. The van der Waals surface area contributed by atoms with E-state index in [9.17, 15) is 9.18 Å². The lowest BCUT2D eigenvalue weighted by Crippen LogP contribution is -2.28. The van der Waals surface area contributed by atoms with Gasteiger partial charge in [-0.1, -0.05) is 23.4 Å². The molecule has 6 heteroatoms. The van der Waals surface area contributed by atoms with Crippen molar-refractivity contribution < 1.29 is 13.7 Å². The maximum atomic E-state index is 13.9. The average molecular weight is 323 g/mol. The first kappa shape index (κ1) is 14.6. The predicted octanol–water partition coefficient (Wildman–Crippen LogP) is 3.55. The van der Waals surface area contributed by atoms with E-state index in [4.69, 9.17) is 4.52 Å². The summed E-state index contributed by atoms with van der Waals surface area (Å²) in [5.74, 6) is 0.254. The molecule has 0 atom stereocenters. The lowest BCUT2D eigenvalue weighted by atomic mass is 10.0. The van der Waals surface area contributed by atoms with E-state index >= 15 is 0 Å². The van der Waals surface area contributed by atoms with Crippen LogP contribution in [0, 0.1) is 5.82 Å². The van der Waals surface area contributed by atoms with E-state index in [-0.39, 0.29) is 11.7 Å². The Kier molecular flexibility index (Phi) is 3.37. The molecule has 1 saturated carbocycles. The number of anilines is 1. The minimum atomic E-state index is -0.718. The summed E-state index contributed by atoms with van der Waals surface area (Å²) in [4.78, 5) is 16.7. The van der Waals surface area contributed by atoms with Gasteiger partial charge in [-0.05, 0) is 37.1 Å². The van der Waals surface area contributed by atoms with Crippen LogP contribution in [0.1, 0.15) is 18.5 Å². The molecular formula is C18H14FN3O2. The van der Waals surface area contributed by atoms with Crippen LogP contribution < -0.4 is 5.32 Å². The van der Waals surface area contributed by atoms with Crippen LogP contribution in [-0.4, -0.2) is 16.0 Å². The molecular weight excluding hydrogens is 309 g/mol. The van der Waals surface area contributed by atoms with Gasteiger partial charge in [-0.3, -0.25) is 4.79 Å². The monoisotopic (exact) mass is 323 g/mol. The van der Waals surface area contributed by atoms with Crippen molar-refractivity contribution >= 4 is 11.7 Å². The highest BCUT2D eigenvalue weighted by Crippen LogP contribution is 2.49. The Balaban J connectivity index is 1.60. The third kappa shape index (κ3) is 2.46. The Labute approximate surface area is 137 Å². The average Bonchev–Trinajstić information content (AvgIpc) is 3.27. The summed E-state index contributed by atoms with van der Waals surface area (Å²) in [5, 5.41) is 6.81. The molecule has 0 radical (unpaired) electrons. The van der Waals surface area contributed by atoms with E-state index in [0.29, 0.717) is 35.7 Å². The number of rotatable bonds is 4. The first-order valence-corrected chi connectivity index (χ1v) is 7.64. The van der Waals surface area contributed by atoms with Crippen molar-refractivity contribution in [2.24, 2.45) is 0 Å². The van der Waals surface area contributed by atoms with Crippen LogP contribution in [0.25, 0.3) is 11.3 Å². The van der Waals surface area contributed by atoms with Gasteiger partial charge in [0.1, 0.15) is 11.6 Å². The quantitative estimate of drug-likeness (QED) is 0.797. The molecule has 0 saturated heterocycles. The highest BCUT2D eigenvalue weighted by atomic mass is 19.1.